The zero-order valence-corrected chi connectivity index (χ0v) is 18.1. The van der Waals surface area contributed by atoms with E-state index in [9.17, 15) is 13.2 Å². The largest absolute Gasteiger partial charge is 0.497 e. The minimum Gasteiger partial charge on any atom is -0.497 e. The summed E-state index contributed by atoms with van der Waals surface area (Å²) in [5.41, 5.74) is 0.936. The first-order chi connectivity index (χ1) is 13.3. The van der Waals surface area contributed by atoms with Crippen molar-refractivity contribution in [3.8, 4) is 5.75 Å². The number of amides is 1. The maximum Gasteiger partial charge on any atom is 0.256 e. The fourth-order valence-corrected chi connectivity index (χ4v) is 4.74. The first-order valence-electron chi connectivity index (χ1n) is 8.75. The van der Waals surface area contributed by atoms with Gasteiger partial charge in [-0.3, -0.25) is 4.79 Å². The van der Waals surface area contributed by atoms with Crippen LogP contribution in [0.1, 0.15) is 10.4 Å². The number of halogens is 1. The Morgan fingerprint density at radius 2 is 1.71 bits per heavy atom. The minimum atomic E-state index is -3.53. The van der Waals surface area contributed by atoms with Gasteiger partial charge in [0.2, 0.25) is 10.0 Å². The quantitative estimate of drug-likeness (QED) is 0.730. The van der Waals surface area contributed by atoms with Gasteiger partial charge in [0.05, 0.1) is 17.6 Å². The molecule has 1 amide bonds. The first kappa shape index (κ1) is 20.8. The van der Waals surface area contributed by atoms with Crippen LogP contribution in [0.5, 0.6) is 5.75 Å². The number of anilines is 1. The molecule has 0 aliphatic carbocycles. The standard InChI is InChI=1S/C19H22BrN3O4S/c1-22-9-11-23(12-10-22)28(25,26)16-6-3-14(4-7-16)21-19(24)17-13-15(27-2)5-8-18(17)20/h3-8,13H,9-12H2,1-2H3,(H,21,24). The van der Waals surface area contributed by atoms with E-state index in [1.807, 2.05) is 7.05 Å². The number of hydrogen-bond donors (Lipinski definition) is 1. The van der Waals surface area contributed by atoms with Crippen LogP contribution in [0, 0.1) is 0 Å². The molecule has 0 spiro atoms. The van der Waals surface area contributed by atoms with E-state index in [2.05, 4.69) is 26.1 Å². The third-order valence-corrected chi connectivity index (χ3v) is 7.23. The third kappa shape index (κ3) is 4.54. The number of carbonyl (C=O) groups is 1. The maximum atomic E-state index is 12.8. The van der Waals surface area contributed by atoms with Crippen molar-refractivity contribution >= 4 is 37.5 Å². The van der Waals surface area contributed by atoms with Gasteiger partial charge >= 0.3 is 0 Å². The van der Waals surface area contributed by atoms with E-state index in [1.54, 1.807) is 30.3 Å². The number of ether oxygens (including phenoxy) is 1. The van der Waals surface area contributed by atoms with Crippen LogP contribution < -0.4 is 10.1 Å². The second kappa shape index (κ2) is 8.60. The molecule has 0 saturated carbocycles. The lowest BCUT2D eigenvalue weighted by Crippen LogP contribution is -2.46. The lowest BCUT2D eigenvalue weighted by atomic mass is 10.2. The summed E-state index contributed by atoms with van der Waals surface area (Å²) in [4.78, 5) is 14.9. The van der Waals surface area contributed by atoms with E-state index >= 15 is 0 Å². The van der Waals surface area contributed by atoms with E-state index < -0.39 is 10.0 Å². The molecule has 9 heteroatoms. The Morgan fingerprint density at radius 1 is 1.07 bits per heavy atom. The molecular weight excluding hydrogens is 446 g/mol. The molecule has 1 aliphatic rings. The molecule has 1 heterocycles. The average Bonchev–Trinajstić information content (AvgIpc) is 2.69. The van der Waals surface area contributed by atoms with E-state index in [0.717, 1.165) is 0 Å². The molecule has 28 heavy (non-hydrogen) atoms. The number of benzene rings is 2. The van der Waals surface area contributed by atoms with Crippen LogP contribution in [-0.4, -0.2) is 63.9 Å². The zero-order valence-electron chi connectivity index (χ0n) is 15.7. The number of methoxy groups -OCH3 is 1. The summed E-state index contributed by atoms with van der Waals surface area (Å²) in [5, 5.41) is 2.77. The van der Waals surface area contributed by atoms with Gasteiger partial charge in [-0.25, -0.2) is 8.42 Å². The van der Waals surface area contributed by atoms with E-state index in [0.29, 0.717) is 47.7 Å². The summed E-state index contributed by atoms with van der Waals surface area (Å²) in [6.07, 6.45) is 0. The number of piperazine rings is 1. The summed E-state index contributed by atoms with van der Waals surface area (Å²) < 4.78 is 32.8. The lowest BCUT2D eigenvalue weighted by Gasteiger charge is -2.31. The van der Waals surface area contributed by atoms with Crippen LogP contribution in [0.2, 0.25) is 0 Å². The Labute approximate surface area is 173 Å². The topological polar surface area (TPSA) is 78.9 Å². The average molecular weight is 468 g/mol. The van der Waals surface area contributed by atoms with E-state index in [1.165, 1.54) is 23.5 Å². The van der Waals surface area contributed by atoms with Gasteiger partial charge in [-0.15, -0.1) is 0 Å². The molecule has 1 saturated heterocycles. The Morgan fingerprint density at radius 3 is 2.32 bits per heavy atom. The molecule has 7 nitrogen and oxygen atoms in total. The van der Waals surface area contributed by atoms with Crippen molar-refractivity contribution in [2.45, 2.75) is 4.90 Å². The second-order valence-corrected chi connectivity index (χ2v) is 9.32. The van der Waals surface area contributed by atoms with Crippen LogP contribution in [0.4, 0.5) is 5.69 Å². The highest BCUT2D eigenvalue weighted by Gasteiger charge is 2.27. The van der Waals surface area contributed by atoms with Crippen molar-refractivity contribution in [3.63, 3.8) is 0 Å². The van der Waals surface area contributed by atoms with Crippen molar-refractivity contribution < 1.29 is 17.9 Å². The van der Waals surface area contributed by atoms with Crippen molar-refractivity contribution in [2.75, 3.05) is 45.7 Å². The molecule has 0 bridgehead atoms. The predicted molar refractivity (Wildman–Crippen MR) is 111 cm³/mol. The Hall–Kier alpha value is -1.94. The van der Waals surface area contributed by atoms with Crippen LogP contribution in [0.25, 0.3) is 0 Å². The molecule has 150 valence electrons. The summed E-state index contributed by atoms with van der Waals surface area (Å²) in [6, 6.07) is 11.3. The summed E-state index contributed by atoms with van der Waals surface area (Å²) in [6.45, 7) is 2.37. The molecular formula is C19H22BrN3O4S. The van der Waals surface area contributed by atoms with Gasteiger partial charge < -0.3 is 15.0 Å². The number of nitrogens with one attached hydrogen (secondary N) is 1. The lowest BCUT2D eigenvalue weighted by molar-refractivity contribution is 0.102. The molecule has 0 atom stereocenters. The van der Waals surface area contributed by atoms with Gasteiger partial charge in [-0.2, -0.15) is 4.31 Å². The van der Waals surface area contributed by atoms with E-state index in [-0.39, 0.29) is 10.8 Å². The third-order valence-electron chi connectivity index (χ3n) is 4.63. The molecule has 1 N–H and O–H groups in total. The number of hydrogen-bond acceptors (Lipinski definition) is 5. The van der Waals surface area contributed by atoms with Gasteiger partial charge in [-0.1, -0.05) is 0 Å². The van der Waals surface area contributed by atoms with Crippen molar-refractivity contribution in [2.24, 2.45) is 0 Å². The number of rotatable bonds is 5. The molecule has 0 unspecified atom stereocenters. The zero-order chi connectivity index (χ0) is 20.3. The molecule has 0 aromatic heterocycles. The smallest absolute Gasteiger partial charge is 0.256 e. The van der Waals surface area contributed by atoms with Gasteiger partial charge in [0, 0.05) is 36.3 Å². The molecule has 1 fully saturated rings. The van der Waals surface area contributed by atoms with Crippen LogP contribution >= 0.6 is 15.9 Å². The SMILES string of the molecule is COc1ccc(Br)c(C(=O)Nc2ccc(S(=O)(=O)N3CCN(C)CC3)cc2)c1. The van der Waals surface area contributed by atoms with Gasteiger partial charge in [0.15, 0.2) is 0 Å². The Kier molecular flexibility index (Phi) is 6.39. The van der Waals surface area contributed by atoms with E-state index in [4.69, 9.17) is 4.74 Å². The molecule has 1 aliphatic heterocycles. The highest BCUT2D eigenvalue weighted by molar-refractivity contribution is 9.10. The molecule has 0 radical (unpaired) electrons. The van der Waals surface area contributed by atoms with Crippen molar-refractivity contribution in [1.29, 1.82) is 0 Å². The Balaban J connectivity index is 1.73. The number of likely N-dealkylation sites (N-methyl/N-ethyl adjacent to an activating group) is 1. The van der Waals surface area contributed by atoms with Crippen LogP contribution in [0.3, 0.4) is 0 Å². The normalized spacial score (nSPS) is 16.0. The molecule has 2 aromatic carbocycles. The monoisotopic (exact) mass is 467 g/mol. The fourth-order valence-electron chi connectivity index (χ4n) is 2.89. The van der Waals surface area contributed by atoms with Crippen LogP contribution in [-0.2, 0) is 10.0 Å². The minimum absolute atomic E-state index is 0.220. The maximum absolute atomic E-state index is 12.8. The molecule has 3 rings (SSSR count). The highest BCUT2D eigenvalue weighted by atomic mass is 79.9. The summed E-state index contributed by atoms with van der Waals surface area (Å²) in [5.74, 6) is 0.252. The van der Waals surface area contributed by atoms with Crippen LogP contribution in [0.15, 0.2) is 51.8 Å². The fraction of sp³-hybridized carbons (Fsp3) is 0.316. The van der Waals surface area contributed by atoms with Crippen molar-refractivity contribution in [1.82, 2.24) is 9.21 Å². The highest BCUT2D eigenvalue weighted by Crippen LogP contribution is 2.24. The van der Waals surface area contributed by atoms with Gasteiger partial charge in [0.25, 0.3) is 5.91 Å². The Bertz CT molecular complexity index is 956. The van der Waals surface area contributed by atoms with Gasteiger partial charge in [0.1, 0.15) is 5.75 Å². The molecule has 2 aromatic rings. The number of sulfonamides is 1. The summed E-state index contributed by atoms with van der Waals surface area (Å²) >= 11 is 3.35. The first-order valence-corrected chi connectivity index (χ1v) is 11.0. The summed E-state index contributed by atoms with van der Waals surface area (Å²) in [7, 11) is -0.0221. The van der Waals surface area contributed by atoms with Gasteiger partial charge in [-0.05, 0) is 65.4 Å². The van der Waals surface area contributed by atoms with Crippen molar-refractivity contribution in [3.05, 3.63) is 52.5 Å². The number of nitrogens with zero attached hydrogens (tertiary/aromatic N) is 2. The second-order valence-electron chi connectivity index (χ2n) is 6.53. The number of carbonyl (C=O) groups excluding carboxylic acids is 1. The predicted octanol–water partition coefficient (Wildman–Crippen LogP) is 2.65.